The SMILES string of the molecule is NC(=O)[C@@H](Cc1cccc2ccccc12)NC(=O)c1cccc2ccccc12. The number of hydrogen-bond donors (Lipinski definition) is 2. The summed E-state index contributed by atoms with van der Waals surface area (Å²) in [5, 5.41) is 6.78. The Morgan fingerprint density at radius 2 is 1.32 bits per heavy atom. The summed E-state index contributed by atoms with van der Waals surface area (Å²) >= 11 is 0. The van der Waals surface area contributed by atoms with E-state index in [1.165, 1.54) is 0 Å². The maximum Gasteiger partial charge on any atom is 0.252 e. The molecule has 0 bridgehead atoms. The van der Waals surface area contributed by atoms with E-state index in [4.69, 9.17) is 5.73 Å². The van der Waals surface area contributed by atoms with Gasteiger partial charge in [0.05, 0.1) is 0 Å². The lowest BCUT2D eigenvalue weighted by molar-refractivity contribution is -0.119. The van der Waals surface area contributed by atoms with Crippen molar-refractivity contribution >= 4 is 33.4 Å². The summed E-state index contributed by atoms with van der Waals surface area (Å²) in [5.41, 5.74) is 7.12. The quantitative estimate of drug-likeness (QED) is 0.562. The highest BCUT2D eigenvalue weighted by molar-refractivity contribution is 6.08. The molecule has 0 saturated carbocycles. The topological polar surface area (TPSA) is 72.2 Å². The van der Waals surface area contributed by atoms with Crippen molar-refractivity contribution in [3.05, 3.63) is 96.1 Å². The minimum atomic E-state index is -0.794. The van der Waals surface area contributed by atoms with E-state index in [0.29, 0.717) is 12.0 Å². The third kappa shape index (κ3) is 3.45. The maximum absolute atomic E-state index is 12.9. The molecule has 2 amide bonds. The molecule has 0 saturated heterocycles. The van der Waals surface area contributed by atoms with E-state index >= 15 is 0 Å². The van der Waals surface area contributed by atoms with Crippen LogP contribution in [0.2, 0.25) is 0 Å². The van der Waals surface area contributed by atoms with Gasteiger partial charge in [0.15, 0.2) is 0 Å². The van der Waals surface area contributed by atoms with Crippen LogP contribution >= 0.6 is 0 Å². The number of carbonyl (C=O) groups is 2. The molecule has 0 aromatic heterocycles. The van der Waals surface area contributed by atoms with Gasteiger partial charge < -0.3 is 11.1 Å². The van der Waals surface area contributed by atoms with Crippen LogP contribution in [0.4, 0.5) is 0 Å². The first kappa shape index (κ1) is 17.7. The van der Waals surface area contributed by atoms with Gasteiger partial charge >= 0.3 is 0 Å². The molecule has 138 valence electrons. The zero-order valence-electron chi connectivity index (χ0n) is 15.3. The third-order valence-electron chi connectivity index (χ3n) is 4.99. The van der Waals surface area contributed by atoms with E-state index in [1.54, 1.807) is 6.07 Å². The summed E-state index contributed by atoms with van der Waals surface area (Å²) in [5.74, 6) is -0.859. The number of benzene rings is 4. The number of amides is 2. The number of hydrogen-bond acceptors (Lipinski definition) is 2. The van der Waals surface area contributed by atoms with Crippen LogP contribution in [0.3, 0.4) is 0 Å². The molecular weight excluding hydrogens is 348 g/mol. The Balaban J connectivity index is 1.63. The summed E-state index contributed by atoms with van der Waals surface area (Å²) in [4.78, 5) is 25.0. The average molecular weight is 368 g/mol. The zero-order valence-corrected chi connectivity index (χ0v) is 15.3. The largest absolute Gasteiger partial charge is 0.368 e. The lowest BCUT2D eigenvalue weighted by Crippen LogP contribution is -2.45. The van der Waals surface area contributed by atoms with Gasteiger partial charge in [-0.25, -0.2) is 0 Å². The van der Waals surface area contributed by atoms with Gasteiger partial charge in [-0.2, -0.15) is 0 Å². The summed E-state index contributed by atoms with van der Waals surface area (Å²) in [6.07, 6.45) is 0.340. The fourth-order valence-corrected chi connectivity index (χ4v) is 3.57. The maximum atomic E-state index is 12.9. The number of primary amides is 1. The second kappa shape index (κ2) is 7.53. The minimum absolute atomic E-state index is 0.305. The number of nitrogens with two attached hydrogens (primary N) is 1. The second-order valence-electron chi connectivity index (χ2n) is 6.80. The van der Waals surface area contributed by atoms with Gasteiger partial charge in [0.1, 0.15) is 6.04 Å². The van der Waals surface area contributed by atoms with Crippen molar-refractivity contribution in [2.75, 3.05) is 0 Å². The zero-order chi connectivity index (χ0) is 19.5. The first-order chi connectivity index (χ1) is 13.6. The Hall–Kier alpha value is -3.66. The van der Waals surface area contributed by atoms with E-state index in [2.05, 4.69) is 5.32 Å². The van der Waals surface area contributed by atoms with Gasteiger partial charge in [0.25, 0.3) is 5.91 Å². The highest BCUT2D eigenvalue weighted by Gasteiger charge is 2.21. The van der Waals surface area contributed by atoms with Crippen molar-refractivity contribution in [2.45, 2.75) is 12.5 Å². The fraction of sp³-hybridized carbons (Fsp3) is 0.0833. The molecule has 4 rings (SSSR count). The Morgan fingerprint density at radius 1 is 0.750 bits per heavy atom. The Morgan fingerprint density at radius 3 is 2.04 bits per heavy atom. The molecule has 4 nitrogen and oxygen atoms in total. The van der Waals surface area contributed by atoms with Crippen LogP contribution in [-0.2, 0) is 11.2 Å². The molecule has 4 aromatic rings. The minimum Gasteiger partial charge on any atom is -0.368 e. The third-order valence-corrected chi connectivity index (χ3v) is 4.99. The molecule has 0 spiro atoms. The molecule has 0 unspecified atom stereocenters. The molecule has 0 radical (unpaired) electrons. The Labute approximate surface area is 163 Å². The highest BCUT2D eigenvalue weighted by Crippen LogP contribution is 2.21. The normalized spacial score (nSPS) is 12.0. The van der Waals surface area contributed by atoms with Crippen LogP contribution in [0.1, 0.15) is 15.9 Å². The fourth-order valence-electron chi connectivity index (χ4n) is 3.57. The molecular formula is C24H20N2O2. The lowest BCUT2D eigenvalue weighted by atomic mass is 9.98. The first-order valence-electron chi connectivity index (χ1n) is 9.18. The van der Waals surface area contributed by atoms with E-state index in [0.717, 1.165) is 27.1 Å². The van der Waals surface area contributed by atoms with Gasteiger partial charge in [-0.3, -0.25) is 9.59 Å². The van der Waals surface area contributed by atoms with Gasteiger partial charge in [0.2, 0.25) is 5.91 Å². The Kier molecular flexibility index (Phi) is 4.77. The predicted molar refractivity (Wildman–Crippen MR) is 112 cm³/mol. The van der Waals surface area contributed by atoms with E-state index < -0.39 is 11.9 Å². The van der Waals surface area contributed by atoms with Crippen molar-refractivity contribution in [1.82, 2.24) is 5.32 Å². The lowest BCUT2D eigenvalue weighted by Gasteiger charge is -2.17. The van der Waals surface area contributed by atoms with Gasteiger partial charge in [-0.05, 0) is 33.2 Å². The van der Waals surface area contributed by atoms with Crippen molar-refractivity contribution in [2.24, 2.45) is 5.73 Å². The molecule has 3 N–H and O–H groups in total. The van der Waals surface area contributed by atoms with E-state index in [-0.39, 0.29) is 5.91 Å². The smallest absolute Gasteiger partial charge is 0.252 e. The van der Waals surface area contributed by atoms with Crippen molar-refractivity contribution in [3.8, 4) is 0 Å². The summed E-state index contributed by atoms with van der Waals surface area (Å²) in [7, 11) is 0. The van der Waals surface area contributed by atoms with E-state index in [9.17, 15) is 9.59 Å². The second-order valence-corrected chi connectivity index (χ2v) is 6.80. The monoisotopic (exact) mass is 368 g/mol. The van der Waals surface area contributed by atoms with Gasteiger partial charge in [-0.1, -0.05) is 78.9 Å². The van der Waals surface area contributed by atoms with Crippen LogP contribution in [0.5, 0.6) is 0 Å². The van der Waals surface area contributed by atoms with Gasteiger partial charge in [0, 0.05) is 12.0 Å². The molecule has 4 heteroatoms. The standard InChI is InChI=1S/C24H20N2O2/c25-23(27)22(15-18-11-5-9-16-7-1-3-12-19(16)18)26-24(28)21-14-6-10-17-8-2-4-13-20(17)21/h1-14,22H,15H2,(H2,25,27)(H,26,28)/t22-/m1/s1. The number of rotatable bonds is 5. The van der Waals surface area contributed by atoms with Crippen LogP contribution < -0.4 is 11.1 Å². The summed E-state index contributed by atoms with van der Waals surface area (Å²) in [6.45, 7) is 0. The molecule has 0 aliphatic heterocycles. The summed E-state index contributed by atoms with van der Waals surface area (Å²) in [6, 6.07) is 26.3. The number of fused-ring (bicyclic) bond motifs is 2. The summed E-state index contributed by atoms with van der Waals surface area (Å²) < 4.78 is 0. The molecule has 4 aromatic carbocycles. The molecule has 28 heavy (non-hydrogen) atoms. The van der Waals surface area contributed by atoms with Crippen molar-refractivity contribution in [3.63, 3.8) is 0 Å². The Bertz CT molecular complexity index is 1170. The van der Waals surface area contributed by atoms with Crippen molar-refractivity contribution in [1.29, 1.82) is 0 Å². The number of nitrogens with one attached hydrogen (secondary N) is 1. The van der Waals surface area contributed by atoms with Crippen LogP contribution in [0.25, 0.3) is 21.5 Å². The number of carbonyl (C=O) groups excluding carboxylic acids is 2. The van der Waals surface area contributed by atoms with Crippen LogP contribution in [0.15, 0.2) is 84.9 Å². The highest BCUT2D eigenvalue weighted by atomic mass is 16.2. The van der Waals surface area contributed by atoms with Crippen molar-refractivity contribution < 1.29 is 9.59 Å². The average Bonchev–Trinajstić information content (AvgIpc) is 2.73. The molecule has 0 aliphatic rings. The van der Waals surface area contributed by atoms with Gasteiger partial charge in [-0.15, -0.1) is 0 Å². The molecule has 0 aliphatic carbocycles. The first-order valence-corrected chi connectivity index (χ1v) is 9.18. The van der Waals surface area contributed by atoms with E-state index in [1.807, 2.05) is 78.9 Å². The molecule has 1 atom stereocenters. The molecule has 0 heterocycles. The van der Waals surface area contributed by atoms with Crippen LogP contribution in [-0.4, -0.2) is 17.9 Å². The predicted octanol–water partition coefficient (Wildman–Crippen LogP) is 3.82. The van der Waals surface area contributed by atoms with Crippen LogP contribution in [0, 0.1) is 0 Å². The molecule has 0 fully saturated rings.